The predicted octanol–water partition coefficient (Wildman–Crippen LogP) is -5.70. The average Bonchev–Trinajstić information content (AvgIpc) is 2.51. The van der Waals surface area contributed by atoms with Crippen LogP contribution in [-0.4, -0.2) is 85.2 Å². The van der Waals surface area contributed by atoms with Crippen molar-refractivity contribution in [3.05, 3.63) is 0 Å². The van der Waals surface area contributed by atoms with E-state index in [0.29, 0.717) is 18.6 Å². The van der Waals surface area contributed by atoms with Crippen LogP contribution in [0.1, 0.15) is 13.8 Å². The molecule has 2 fully saturated rings. The molecule has 0 spiro atoms. The van der Waals surface area contributed by atoms with Gasteiger partial charge in [0.05, 0.1) is 0 Å². The fourth-order valence-electron chi connectivity index (χ4n) is 2.93. The van der Waals surface area contributed by atoms with Crippen LogP contribution in [0.5, 0.6) is 0 Å². The molecule has 0 aliphatic carbocycles. The Labute approximate surface area is 179 Å². The Bertz CT molecular complexity index is 328. The van der Waals surface area contributed by atoms with Crippen LogP contribution in [-0.2, 0) is 17.1 Å². The second-order valence-electron chi connectivity index (χ2n) is 6.29. The molecule has 0 aromatic rings. The van der Waals surface area contributed by atoms with Crippen LogP contribution < -0.4 is 40.8 Å². The smallest absolute Gasteiger partial charge is 1.00 e. The molecule has 145 valence electrons. The number of hydrogen-bond acceptors (Lipinski definition) is 5. The summed E-state index contributed by atoms with van der Waals surface area (Å²) >= 11 is 13.2. The minimum atomic E-state index is -0.853. The molecule has 0 amide bonds. The maximum Gasteiger partial charge on any atom is 2.00 e. The van der Waals surface area contributed by atoms with Gasteiger partial charge in [-0.2, -0.15) is 0 Å². The van der Waals surface area contributed by atoms with Gasteiger partial charge in [0.25, 0.3) is 0 Å². The fraction of sp³-hybridized carbons (Fsp3) is 1.00. The van der Waals surface area contributed by atoms with Gasteiger partial charge in [0, 0.05) is 71.0 Å². The number of rotatable bonds is 0. The third kappa shape index (κ3) is 9.43. The second kappa shape index (κ2) is 13.6. The zero-order chi connectivity index (χ0) is 15.3. The van der Waals surface area contributed by atoms with Crippen molar-refractivity contribution in [1.82, 2.24) is 25.8 Å². The van der Waals surface area contributed by atoms with E-state index in [2.05, 4.69) is 39.6 Å². The zero-order valence-corrected chi connectivity index (χ0v) is 18.5. The molecular formula is C14H29Cl4MnN5. The van der Waals surface area contributed by atoms with Gasteiger partial charge in [0.2, 0.25) is 0 Å². The molecule has 5 nitrogen and oxygen atoms in total. The van der Waals surface area contributed by atoms with Crippen LogP contribution in [0, 0.1) is 0 Å². The van der Waals surface area contributed by atoms with E-state index in [4.69, 9.17) is 23.2 Å². The minimum absolute atomic E-state index is 0. The standard InChI is InChI=1S/C14H29Cl2N5.2ClH.Mn/c1-12-9-17-3-5-20-7-8-21(14(15,16)11-19-12)6-4-18-13(2)10-20;;;/h12-13,17-19H,3-11H2,1-2H3;2*1H;/q;;;+2/p-2. The molecule has 24 heavy (non-hydrogen) atoms. The molecule has 2 rings (SSSR count). The van der Waals surface area contributed by atoms with Gasteiger partial charge >= 0.3 is 17.1 Å². The first-order valence-electron chi connectivity index (χ1n) is 8.00. The van der Waals surface area contributed by atoms with Gasteiger partial charge in [-0.3, -0.25) is 9.80 Å². The molecule has 4 atom stereocenters. The Morgan fingerprint density at radius 3 is 2.33 bits per heavy atom. The Morgan fingerprint density at radius 1 is 0.917 bits per heavy atom. The third-order valence-corrected chi connectivity index (χ3v) is 5.02. The summed E-state index contributed by atoms with van der Waals surface area (Å²) in [7, 11) is 0. The summed E-state index contributed by atoms with van der Waals surface area (Å²) < 4.78 is -0.853. The Morgan fingerprint density at radius 2 is 1.62 bits per heavy atom. The summed E-state index contributed by atoms with van der Waals surface area (Å²) in [5.74, 6) is 0. The molecule has 2 aliphatic heterocycles. The molecule has 4 unspecified atom stereocenters. The number of alkyl halides is 2. The van der Waals surface area contributed by atoms with Crippen LogP contribution in [0.4, 0.5) is 0 Å². The van der Waals surface area contributed by atoms with E-state index in [0.717, 1.165) is 52.4 Å². The van der Waals surface area contributed by atoms with Crippen LogP contribution in [0.25, 0.3) is 0 Å². The van der Waals surface area contributed by atoms with Crippen molar-refractivity contribution < 1.29 is 41.9 Å². The van der Waals surface area contributed by atoms with Crippen molar-refractivity contribution in [3.63, 3.8) is 0 Å². The normalized spacial score (nSPS) is 34.5. The van der Waals surface area contributed by atoms with Crippen molar-refractivity contribution in [2.45, 2.75) is 30.4 Å². The topological polar surface area (TPSA) is 42.6 Å². The van der Waals surface area contributed by atoms with Gasteiger partial charge in [-0.05, 0) is 13.8 Å². The van der Waals surface area contributed by atoms with E-state index in [1.165, 1.54) is 0 Å². The van der Waals surface area contributed by atoms with Gasteiger partial charge in [0.15, 0.2) is 4.46 Å². The zero-order valence-electron chi connectivity index (χ0n) is 14.3. The molecule has 0 aromatic carbocycles. The molecular weight excluding hydrogens is 435 g/mol. The van der Waals surface area contributed by atoms with Crippen LogP contribution in [0.15, 0.2) is 0 Å². The van der Waals surface area contributed by atoms with E-state index >= 15 is 0 Å². The second-order valence-corrected chi connectivity index (χ2v) is 7.74. The molecule has 2 saturated heterocycles. The van der Waals surface area contributed by atoms with Crippen LogP contribution in [0.3, 0.4) is 0 Å². The van der Waals surface area contributed by atoms with Crippen molar-refractivity contribution >= 4 is 23.2 Å². The van der Waals surface area contributed by atoms with Crippen molar-refractivity contribution in [3.8, 4) is 0 Å². The maximum absolute atomic E-state index is 6.60. The quantitative estimate of drug-likeness (QED) is 0.190. The first-order valence-corrected chi connectivity index (χ1v) is 8.75. The van der Waals surface area contributed by atoms with Crippen LogP contribution >= 0.6 is 23.2 Å². The SMILES string of the molecule is CC1CNCCN2CCN(CCNC(C)C2)C(Cl)(Cl)CN1.[Cl-].[Cl-].[Mn+2]. The molecule has 2 bridgehead atoms. The summed E-state index contributed by atoms with van der Waals surface area (Å²) in [6.45, 7) is 12.8. The summed E-state index contributed by atoms with van der Waals surface area (Å²) in [6.07, 6.45) is 0. The average molecular weight is 464 g/mol. The first kappa shape index (κ1) is 27.7. The Hall–Kier alpha value is 1.48. The van der Waals surface area contributed by atoms with Crippen molar-refractivity contribution in [2.24, 2.45) is 0 Å². The van der Waals surface area contributed by atoms with E-state index in [1.807, 2.05) is 0 Å². The van der Waals surface area contributed by atoms with E-state index in [1.54, 1.807) is 0 Å². The molecule has 1 radical (unpaired) electrons. The van der Waals surface area contributed by atoms with Gasteiger partial charge in [-0.25, -0.2) is 0 Å². The number of nitrogens with zero attached hydrogens (tertiary/aromatic N) is 2. The molecule has 10 heteroatoms. The minimum Gasteiger partial charge on any atom is -1.00 e. The molecule has 0 saturated carbocycles. The fourth-order valence-corrected chi connectivity index (χ4v) is 3.42. The van der Waals surface area contributed by atoms with Crippen molar-refractivity contribution in [2.75, 3.05) is 58.9 Å². The van der Waals surface area contributed by atoms with Gasteiger partial charge in [-0.1, -0.05) is 23.2 Å². The van der Waals surface area contributed by atoms with Gasteiger partial charge in [0.1, 0.15) is 0 Å². The van der Waals surface area contributed by atoms with E-state index < -0.39 is 4.46 Å². The monoisotopic (exact) mass is 462 g/mol. The Kier molecular flexibility index (Phi) is 15.7. The summed E-state index contributed by atoms with van der Waals surface area (Å²) in [5.41, 5.74) is 0. The molecule has 3 N–H and O–H groups in total. The summed E-state index contributed by atoms with van der Waals surface area (Å²) in [6, 6.07) is 0.853. The molecule has 2 aliphatic rings. The predicted molar refractivity (Wildman–Crippen MR) is 90.2 cm³/mol. The van der Waals surface area contributed by atoms with Crippen LogP contribution in [0.2, 0.25) is 0 Å². The number of nitrogens with one attached hydrogen (secondary N) is 3. The van der Waals surface area contributed by atoms with Gasteiger partial charge < -0.3 is 40.8 Å². The number of fused-ring (bicyclic) bond motifs is 3. The molecule has 0 aromatic heterocycles. The molecule has 2 heterocycles. The van der Waals surface area contributed by atoms with E-state index in [-0.39, 0.29) is 41.9 Å². The summed E-state index contributed by atoms with van der Waals surface area (Å²) in [5, 5.41) is 10.5. The Balaban J connectivity index is 0. The maximum atomic E-state index is 6.60. The first-order chi connectivity index (χ1) is 9.97. The summed E-state index contributed by atoms with van der Waals surface area (Å²) in [4.78, 5) is 4.68. The number of halogens is 4. The third-order valence-electron chi connectivity index (χ3n) is 4.27. The van der Waals surface area contributed by atoms with Gasteiger partial charge in [-0.15, -0.1) is 0 Å². The number of hydrogen-bond donors (Lipinski definition) is 3. The largest absolute Gasteiger partial charge is 2.00 e. The van der Waals surface area contributed by atoms with E-state index in [9.17, 15) is 0 Å². The van der Waals surface area contributed by atoms with Crippen molar-refractivity contribution in [1.29, 1.82) is 0 Å².